The Hall–Kier alpha value is -3.64. The first-order valence-electron chi connectivity index (χ1n) is 14.5. The number of imide groups is 1. The zero-order chi connectivity index (χ0) is 33.1. The maximum atomic E-state index is 13.5. The fourth-order valence-corrected chi connectivity index (χ4v) is 6.38. The summed E-state index contributed by atoms with van der Waals surface area (Å²) >= 11 is 6.42. The Morgan fingerprint density at radius 3 is 2.11 bits per heavy atom. The number of rotatable bonds is 16. The van der Waals surface area contributed by atoms with Crippen LogP contribution in [-0.4, -0.2) is 79.2 Å². The lowest BCUT2D eigenvalue weighted by atomic mass is 10.1. The van der Waals surface area contributed by atoms with Crippen LogP contribution in [0.25, 0.3) is 0 Å². The summed E-state index contributed by atoms with van der Waals surface area (Å²) < 4.78 is 35.3. The van der Waals surface area contributed by atoms with E-state index in [1.165, 1.54) is 43.4 Å². The number of hydrogen-bond acceptors (Lipinski definition) is 9. The molecular weight excluding hydrogens is 629 g/mol. The Morgan fingerprint density at radius 2 is 1.58 bits per heavy atom. The van der Waals surface area contributed by atoms with Gasteiger partial charge < -0.3 is 33.8 Å². The van der Waals surface area contributed by atoms with Crippen molar-refractivity contribution in [3.05, 3.63) is 52.5 Å². The lowest BCUT2D eigenvalue weighted by Gasteiger charge is -2.33. The van der Waals surface area contributed by atoms with Gasteiger partial charge in [-0.05, 0) is 42.2 Å². The number of carbonyl (C=O) groups excluding carboxylic acids is 3. The first kappa shape index (κ1) is 35.8. The number of unbranched alkanes of at least 4 members (excludes halogenated alkanes) is 2. The van der Waals surface area contributed by atoms with Crippen LogP contribution in [0.4, 0.5) is 4.79 Å². The van der Waals surface area contributed by atoms with Gasteiger partial charge in [-0.15, -0.1) is 0 Å². The summed E-state index contributed by atoms with van der Waals surface area (Å²) in [5.74, 6) is -2.81. The second-order valence-electron chi connectivity index (χ2n) is 10.1. The minimum Gasteiger partial charge on any atom is -0.493 e. The highest BCUT2D eigenvalue weighted by atomic mass is 35.5. The highest BCUT2D eigenvalue weighted by Gasteiger charge is 2.38. The molecule has 2 aromatic carbocycles. The summed E-state index contributed by atoms with van der Waals surface area (Å²) in [7, 11) is -0.789. The molecule has 13 nitrogen and oxygen atoms in total. The Balaban J connectivity index is 1.71. The first-order chi connectivity index (χ1) is 21.5. The SMILES string of the molecule is CCCCOP(=O)(OCCCC)c1ccc(C(NC(=O)N2CCN(Cc3ccc(OC)c(OC)c3Cl)C(=O)C2=O)C(=O)O)cc1. The Kier molecular flexibility index (Phi) is 13.2. The Labute approximate surface area is 267 Å². The van der Waals surface area contributed by atoms with Gasteiger partial charge in [-0.25, -0.2) is 9.59 Å². The van der Waals surface area contributed by atoms with Gasteiger partial charge in [0.05, 0.1) is 37.8 Å². The van der Waals surface area contributed by atoms with Crippen LogP contribution < -0.4 is 20.1 Å². The van der Waals surface area contributed by atoms with Crippen molar-refractivity contribution >= 4 is 48.3 Å². The van der Waals surface area contributed by atoms with Crippen molar-refractivity contribution in [3.63, 3.8) is 0 Å². The number of carbonyl (C=O) groups is 4. The van der Waals surface area contributed by atoms with Gasteiger partial charge >= 0.3 is 31.4 Å². The molecule has 2 aromatic rings. The fourth-order valence-electron chi connectivity index (χ4n) is 4.46. The van der Waals surface area contributed by atoms with Crippen LogP contribution in [0, 0.1) is 0 Å². The van der Waals surface area contributed by atoms with Crippen LogP contribution in [0.1, 0.15) is 56.7 Å². The van der Waals surface area contributed by atoms with Crippen LogP contribution in [0.2, 0.25) is 5.02 Å². The number of nitrogens with one attached hydrogen (secondary N) is 1. The summed E-state index contributed by atoms with van der Waals surface area (Å²) in [4.78, 5) is 53.0. The van der Waals surface area contributed by atoms with Crippen molar-refractivity contribution in [1.29, 1.82) is 0 Å². The van der Waals surface area contributed by atoms with Gasteiger partial charge in [0.15, 0.2) is 17.5 Å². The van der Waals surface area contributed by atoms with Crippen molar-refractivity contribution in [1.82, 2.24) is 15.1 Å². The number of carboxylic acids is 1. The third-order valence-corrected chi connectivity index (χ3v) is 9.45. The maximum Gasteiger partial charge on any atom is 0.361 e. The molecule has 2 N–H and O–H groups in total. The van der Waals surface area contributed by atoms with Gasteiger partial charge in [-0.2, -0.15) is 0 Å². The second kappa shape index (κ2) is 16.6. The van der Waals surface area contributed by atoms with Crippen molar-refractivity contribution in [2.24, 2.45) is 0 Å². The molecule has 0 saturated carbocycles. The smallest absolute Gasteiger partial charge is 0.361 e. The summed E-state index contributed by atoms with van der Waals surface area (Å²) in [6.07, 6.45) is 3.05. The number of hydrogen-bond donors (Lipinski definition) is 2. The molecular formula is C30H39ClN3O10P. The van der Waals surface area contributed by atoms with Crippen LogP contribution in [0.15, 0.2) is 36.4 Å². The number of halogens is 1. The molecule has 45 heavy (non-hydrogen) atoms. The molecule has 0 bridgehead atoms. The van der Waals surface area contributed by atoms with Gasteiger partial charge in [0.25, 0.3) is 0 Å². The normalized spacial score (nSPS) is 14.3. The highest BCUT2D eigenvalue weighted by Crippen LogP contribution is 2.47. The minimum atomic E-state index is -3.66. The number of nitrogens with zero attached hydrogens (tertiary/aromatic N) is 2. The molecule has 0 spiro atoms. The lowest BCUT2D eigenvalue weighted by molar-refractivity contribution is -0.154. The van der Waals surface area contributed by atoms with Crippen molar-refractivity contribution in [2.75, 3.05) is 40.5 Å². The second-order valence-corrected chi connectivity index (χ2v) is 12.5. The minimum absolute atomic E-state index is 0.0134. The van der Waals surface area contributed by atoms with E-state index < -0.39 is 37.5 Å². The summed E-state index contributed by atoms with van der Waals surface area (Å²) in [6.45, 7) is 4.19. The number of carboxylic acid groups (broad SMARTS) is 1. The Bertz CT molecular complexity index is 1410. The first-order valence-corrected chi connectivity index (χ1v) is 16.5. The molecule has 3 rings (SSSR count). The number of amides is 4. The number of piperazine rings is 1. The standard InChI is InChI=1S/C30H39ClN3O10P/c1-5-7-17-43-45(40,44-18-8-6-2)22-12-9-20(10-13-22)25(29(37)38)32-30(39)34-16-15-33(27(35)28(34)36)19-21-11-14-23(41-3)26(42-4)24(21)31/h9-14,25H,5-8,15-19H2,1-4H3,(H,32,39)(H,37,38). The summed E-state index contributed by atoms with van der Waals surface area (Å²) in [5, 5.41) is 12.7. The molecule has 1 fully saturated rings. The largest absolute Gasteiger partial charge is 0.493 e. The van der Waals surface area contributed by atoms with E-state index in [2.05, 4.69) is 5.32 Å². The molecule has 0 aliphatic carbocycles. The van der Waals surface area contributed by atoms with E-state index in [4.69, 9.17) is 30.1 Å². The lowest BCUT2D eigenvalue weighted by Crippen LogP contribution is -2.58. The topological polar surface area (TPSA) is 161 Å². The van der Waals surface area contributed by atoms with Gasteiger partial charge in [-0.3, -0.25) is 19.1 Å². The van der Waals surface area contributed by atoms with E-state index >= 15 is 0 Å². The van der Waals surface area contributed by atoms with Gasteiger partial charge in [0.2, 0.25) is 0 Å². The molecule has 1 aliphatic rings. The summed E-state index contributed by atoms with van der Waals surface area (Å²) in [5.41, 5.74) is 0.646. The quantitative estimate of drug-likeness (QED) is 0.148. The zero-order valence-corrected chi connectivity index (χ0v) is 27.4. The predicted molar refractivity (Wildman–Crippen MR) is 166 cm³/mol. The molecule has 0 radical (unpaired) electrons. The van der Waals surface area contributed by atoms with Gasteiger partial charge in [0, 0.05) is 19.6 Å². The van der Waals surface area contributed by atoms with E-state index in [0.717, 1.165) is 12.8 Å². The number of benzene rings is 2. The molecule has 0 aromatic heterocycles. The zero-order valence-electron chi connectivity index (χ0n) is 25.7. The fraction of sp³-hybridized carbons (Fsp3) is 0.467. The number of aliphatic carboxylic acids is 1. The molecule has 1 unspecified atom stereocenters. The van der Waals surface area contributed by atoms with Gasteiger partial charge in [0.1, 0.15) is 0 Å². The molecule has 15 heteroatoms. The number of ether oxygens (including phenoxy) is 2. The van der Waals surface area contributed by atoms with Gasteiger partial charge in [-0.1, -0.05) is 56.5 Å². The molecule has 1 atom stereocenters. The van der Waals surface area contributed by atoms with E-state index in [1.54, 1.807) is 12.1 Å². The van der Waals surface area contributed by atoms with E-state index in [9.17, 15) is 28.8 Å². The molecule has 246 valence electrons. The monoisotopic (exact) mass is 667 g/mol. The van der Waals surface area contributed by atoms with E-state index in [-0.39, 0.29) is 54.5 Å². The van der Waals surface area contributed by atoms with Crippen molar-refractivity contribution < 1.29 is 47.4 Å². The van der Waals surface area contributed by atoms with Crippen molar-refractivity contribution in [3.8, 4) is 11.5 Å². The third kappa shape index (κ3) is 8.76. The third-order valence-electron chi connectivity index (χ3n) is 7.06. The number of urea groups is 1. The summed E-state index contributed by atoms with van der Waals surface area (Å²) in [6, 6.07) is 6.29. The van der Waals surface area contributed by atoms with Crippen LogP contribution in [0.3, 0.4) is 0 Å². The van der Waals surface area contributed by atoms with Crippen molar-refractivity contribution in [2.45, 2.75) is 52.1 Å². The van der Waals surface area contributed by atoms with Crippen LogP contribution in [0.5, 0.6) is 11.5 Å². The Morgan fingerprint density at radius 1 is 0.956 bits per heavy atom. The van der Waals surface area contributed by atoms with E-state index in [0.29, 0.717) is 29.1 Å². The molecule has 4 amide bonds. The number of methoxy groups -OCH3 is 2. The maximum absolute atomic E-state index is 13.5. The predicted octanol–water partition coefficient (Wildman–Crippen LogP) is 4.52. The van der Waals surface area contributed by atoms with Crippen LogP contribution in [-0.2, 0) is 34.5 Å². The molecule has 1 saturated heterocycles. The average molecular weight is 668 g/mol. The highest BCUT2D eigenvalue weighted by molar-refractivity contribution is 7.62. The van der Waals surface area contributed by atoms with Crippen LogP contribution >= 0.6 is 19.2 Å². The van der Waals surface area contributed by atoms with E-state index in [1.807, 2.05) is 13.8 Å². The molecule has 1 heterocycles. The average Bonchev–Trinajstić information content (AvgIpc) is 3.03. The molecule has 1 aliphatic heterocycles.